The van der Waals surface area contributed by atoms with E-state index in [9.17, 15) is 0 Å². The molecule has 1 aromatic heterocycles. The summed E-state index contributed by atoms with van der Waals surface area (Å²) in [4.78, 5) is 0. The van der Waals surface area contributed by atoms with Crippen LogP contribution in [0.4, 0.5) is 0 Å². The van der Waals surface area contributed by atoms with Gasteiger partial charge in [0.2, 0.25) is 0 Å². The van der Waals surface area contributed by atoms with Gasteiger partial charge in [-0.3, -0.25) is 10.5 Å². The summed E-state index contributed by atoms with van der Waals surface area (Å²) in [6, 6.07) is 1.84. The van der Waals surface area contributed by atoms with Crippen molar-refractivity contribution in [3.63, 3.8) is 0 Å². The Morgan fingerprint density at radius 2 is 2.46 bits per heavy atom. The fraction of sp³-hybridized carbons (Fsp3) is 0.286. The van der Waals surface area contributed by atoms with Crippen molar-refractivity contribution in [2.75, 3.05) is 7.05 Å². The third-order valence-corrected chi connectivity index (χ3v) is 1.74. The van der Waals surface area contributed by atoms with Crippen molar-refractivity contribution >= 4 is 23.0 Å². The SMILES string of the molecule is CNC(=S)N/N=C(\C)c1ccn[nH]1. The van der Waals surface area contributed by atoms with Crippen LogP contribution < -0.4 is 10.7 Å². The maximum absolute atomic E-state index is 4.85. The van der Waals surface area contributed by atoms with E-state index in [1.54, 1.807) is 13.2 Å². The summed E-state index contributed by atoms with van der Waals surface area (Å²) in [5.41, 5.74) is 4.35. The average Bonchev–Trinajstić information content (AvgIpc) is 2.66. The Balaban J connectivity index is 2.57. The summed E-state index contributed by atoms with van der Waals surface area (Å²) in [6.07, 6.45) is 1.67. The molecule has 0 aliphatic rings. The first-order valence-corrected chi connectivity index (χ1v) is 4.16. The highest BCUT2D eigenvalue weighted by Crippen LogP contribution is 1.93. The zero-order valence-corrected chi connectivity index (χ0v) is 8.27. The van der Waals surface area contributed by atoms with E-state index in [0.717, 1.165) is 11.4 Å². The summed E-state index contributed by atoms with van der Waals surface area (Å²) in [5.74, 6) is 0. The van der Waals surface area contributed by atoms with Crippen molar-refractivity contribution in [3.8, 4) is 0 Å². The maximum Gasteiger partial charge on any atom is 0.186 e. The third-order valence-electron chi connectivity index (χ3n) is 1.44. The van der Waals surface area contributed by atoms with Crippen LogP contribution in [-0.2, 0) is 0 Å². The van der Waals surface area contributed by atoms with Gasteiger partial charge in [-0.25, -0.2) is 0 Å². The number of hydrogen-bond acceptors (Lipinski definition) is 3. The number of rotatable bonds is 2. The Morgan fingerprint density at radius 1 is 1.69 bits per heavy atom. The van der Waals surface area contributed by atoms with E-state index in [4.69, 9.17) is 12.2 Å². The molecule has 0 spiro atoms. The molecule has 0 aliphatic heterocycles. The number of nitrogens with zero attached hydrogens (tertiary/aromatic N) is 2. The first-order valence-electron chi connectivity index (χ1n) is 3.76. The van der Waals surface area contributed by atoms with E-state index in [1.165, 1.54) is 0 Å². The van der Waals surface area contributed by atoms with Gasteiger partial charge in [-0.05, 0) is 25.2 Å². The van der Waals surface area contributed by atoms with Crippen molar-refractivity contribution < 1.29 is 0 Å². The Labute approximate surface area is 81.6 Å². The van der Waals surface area contributed by atoms with Crippen LogP contribution in [0, 0.1) is 0 Å². The van der Waals surface area contributed by atoms with Gasteiger partial charge in [0, 0.05) is 13.2 Å². The summed E-state index contributed by atoms with van der Waals surface area (Å²) in [6.45, 7) is 1.86. The van der Waals surface area contributed by atoms with Crippen LogP contribution in [0.2, 0.25) is 0 Å². The van der Waals surface area contributed by atoms with Crippen molar-refractivity contribution in [1.82, 2.24) is 20.9 Å². The van der Waals surface area contributed by atoms with Gasteiger partial charge in [0.1, 0.15) is 0 Å². The minimum Gasteiger partial charge on any atom is -0.364 e. The molecule has 0 radical (unpaired) electrons. The zero-order valence-electron chi connectivity index (χ0n) is 7.46. The van der Waals surface area contributed by atoms with Crippen molar-refractivity contribution in [3.05, 3.63) is 18.0 Å². The standard InChI is InChI=1S/C7H11N5S/c1-5(6-3-4-9-11-6)10-12-7(13)8-2/h3-4H,1-2H3,(H,9,11)(H2,8,12,13)/b10-5+. The summed E-state index contributed by atoms with van der Waals surface area (Å²) in [7, 11) is 1.73. The van der Waals surface area contributed by atoms with Crippen LogP contribution in [0.1, 0.15) is 12.6 Å². The highest BCUT2D eigenvalue weighted by molar-refractivity contribution is 7.80. The zero-order chi connectivity index (χ0) is 9.68. The monoisotopic (exact) mass is 197 g/mol. The molecular formula is C7H11N5S. The second-order valence-electron chi connectivity index (χ2n) is 2.36. The van der Waals surface area contributed by atoms with E-state index >= 15 is 0 Å². The minimum absolute atomic E-state index is 0.485. The van der Waals surface area contributed by atoms with Crippen LogP contribution in [-0.4, -0.2) is 28.1 Å². The van der Waals surface area contributed by atoms with Crippen LogP contribution >= 0.6 is 12.2 Å². The lowest BCUT2D eigenvalue weighted by atomic mass is 10.3. The molecule has 5 nitrogen and oxygen atoms in total. The van der Waals surface area contributed by atoms with Crippen LogP contribution in [0.5, 0.6) is 0 Å². The van der Waals surface area contributed by atoms with Crippen molar-refractivity contribution in [2.24, 2.45) is 5.10 Å². The second kappa shape index (κ2) is 4.56. The normalized spacial score (nSPS) is 11.1. The lowest BCUT2D eigenvalue weighted by molar-refractivity contribution is 0.968. The van der Waals surface area contributed by atoms with Gasteiger partial charge >= 0.3 is 0 Å². The van der Waals surface area contributed by atoms with Gasteiger partial charge in [0.05, 0.1) is 11.4 Å². The molecule has 0 saturated carbocycles. The number of H-pyrrole nitrogens is 1. The fourth-order valence-electron chi connectivity index (χ4n) is 0.708. The first-order chi connectivity index (χ1) is 6.24. The topological polar surface area (TPSA) is 65.1 Å². The molecule has 0 atom stereocenters. The Bertz CT molecular complexity index is 303. The maximum atomic E-state index is 4.85. The molecule has 0 unspecified atom stereocenters. The lowest BCUT2D eigenvalue weighted by Gasteiger charge is -2.01. The largest absolute Gasteiger partial charge is 0.364 e. The molecule has 1 heterocycles. The highest BCUT2D eigenvalue weighted by atomic mass is 32.1. The van der Waals surface area contributed by atoms with Gasteiger partial charge in [-0.15, -0.1) is 0 Å². The average molecular weight is 197 g/mol. The fourth-order valence-corrected chi connectivity index (χ4v) is 0.754. The number of aromatic amines is 1. The molecule has 0 amide bonds. The summed E-state index contributed by atoms with van der Waals surface area (Å²) in [5, 5.41) is 13.9. The molecule has 70 valence electrons. The highest BCUT2D eigenvalue weighted by Gasteiger charge is 1.97. The molecule has 0 bridgehead atoms. The van der Waals surface area contributed by atoms with E-state index in [1.807, 2.05) is 13.0 Å². The number of thiocarbonyl (C=S) groups is 1. The van der Waals surface area contributed by atoms with E-state index < -0.39 is 0 Å². The molecule has 3 N–H and O–H groups in total. The quantitative estimate of drug-likeness (QED) is 0.361. The lowest BCUT2D eigenvalue weighted by Crippen LogP contribution is -2.29. The van der Waals surface area contributed by atoms with Gasteiger partial charge in [0.25, 0.3) is 0 Å². The number of aromatic nitrogens is 2. The van der Waals surface area contributed by atoms with Crippen LogP contribution in [0.25, 0.3) is 0 Å². The Morgan fingerprint density at radius 3 is 3.00 bits per heavy atom. The number of nitrogens with one attached hydrogen (secondary N) is 3. The van der Waals surface area contributed by atoms with Gasteiger partial charge < -0.3 is 5.32 Å². The molecule has 0 saturated heterocycles. The van der Waals surface area contributed by atoms with E-state index in [-0.39, 0.29) is 0 Å². The third kappa shape index (κ3) is 2.83. The molecule has 1 aromatic rings. The van der Waals surface area contributed by atoms with E-state index in [0.29, 0.717) is 5.11 Å². The second-order valence-corrected chi connectivity index (χ2v) is 2.77. The molecule has 6 heteroatoms. The van der Waals surface area contributed by atoms with Crippen molar-refractivity contribution in [2.45, 2.75) is 6.92 Å². The predicted molar refractivity (Wildman–Crippen MR) is 55.6 cm³/mol. The van der Waals surface area contributed by atoms with Crippen LogP contribution in [0.3, 0.4) is 0 Å². The van der Waals surface area contributed by atoms with Gasteiger partial charge in [-0.1, -0.05) is 0 Å². The number of hydrogen-bond donors (Lipinski definition) is 3. The molecule has 0 fully saturated rings. The van der Waals surface area contributed by atoms with E-state index in [2.05, 4.69) is 26.0 Å². The van der Waals surface area contributed by atoms with Crippen molar-refractivity contribution in [1.29, 1.82) is 0 Å². The van der Waals surface area contributed by atoms with Gasteiger partial charge in [0.15, 0.2) is 5.11 Å². The van der Waals surface area contributed by atoms with Gasteiger partial charge in [-0.2, -0.15) is 10.2 Å². The Hall–Kier alpha value is -1.43. The summed E-state index contributed by atoms with van der Waals surface area (Å²) < 4.78 is 0. The first kappa shape index (κ1) is 9.66. The minimum atomic E-state index is 0.485. The molecule has 1 rings (SSSR count). The molecular weight excluding hydrogens is 186 g/mol. The predicted octanol–water partition coefficient (Wildman–Crippen LogP) is 0.228. The Kier molecular flexibility index (Phi) is 3.39. The molecule has 13 heavy (non-hydrogen) atoms. The summed E-state index contributed by atoms with van der Waals surface area (Å²) >= 11 is 4.85. The number of hydrazone groups is 1. The smallest absolute Gasteiger partial charge is 0.186 e. The molecule has 0 aliphatic carbocycles. The molecule has 0 aromatic carbocycles. The van der Waals surface area contributed by atoms with Crippen LogP contribution in [0.15, 0.2) is 17.4 Å².